The Balaban J connectivity index is 2.26. The van der Waals surface area contributed by atoms with E-state index in [9.17, 15) is 9.59 Å². The predicted molar refractivity (Wildman–Crippen MR) is 79.8 cm³/mol. The number of hydrogen-bond donors (Lipinski definition) is 1. The fraction of sp³-hybridized carbons (Fsp3) is 0.267. The highest BCUT2D eigenvalue weighted by Gasteiger charge is 2.12. The molecule has 6 heteroatoms. The zero-order valence-corrected chi connectivity index (χ0v) is 12.2. The Morgan fingerprint density at radius 3 is 2.76 bits per heavy atom. The SMILES string of the molecule is CCOc1cc(C)ccc1NC(=O)c1ccc(=O)n(C)n1. The van der Waals surface area contributed by atoms with Crippen molar-refractivity contribution in [2.45, 2.75) is 13.8 Å². The van der Waals surface area contributed by atoms with E-state index in [1.54, 1.807) is 6.07 Å². The van der Waals surface area contributed by atoms with Crippen molar-refractivity contribution in [1.29, 1.82) is 0 Å². The van der Waals surface area contributed by atoms with Gasteiger partial charge in [0, 0.05) is 13.1 Å². The first-order valence-corrected chi connectivity index (χ1v) is 6.60. The van der Waals surface area contributed by atoms with E-state index >= 15 is 0 Å². The molecule has 1 aromatic heterocycles. The highest BCUT2D eigenvalue weighted by Crippen LogP contribution is 2.26. The summed E-state index contributed by atoms with van der Waals surface area (Å²) in [6, 6.07) is 8.21. The fourth-order valence-corrected chi connectivity index (χ4v) is 1.82. The zero-order chi connectivity index (χ0) is 15.4. The van der Waals surface area contributed by atoms with Crippen LogP contribution in [0.3, 0.4) is 0 Å². The van der Waals surface area contributed by atoms with Crippen molar-refractivity contribution in [2.75, 3.05) is 11.9 Å². The van der Waals surface area contributed by atoms with E-state index in [1.165, 1.54) is 19.2 Å². The molecule has 0 atom stereocenters. The third kappa shape index (κ3) is 3.47. The van der Waals surface area contributed by atoms with Crippen LogP contribution in [0.5, 0.6) is 5.75 Å². The number of rotatable bonds is 4. The summed E-state index contributed by atoms with van der Waals surface area (Å²) in [6.07, 6.45) is 0. The molecular formula is C15H17N3O3. The average molecular weight is 287 g/mol. The number of carbonyl (C=O) groups is 1. The van der Waals surface area contributed by atoms with Crippen LogP contribution in [0, 0.1) is 6.92 Å². The summed E-state index contributed by atoms with van der Waals surface area (Å²) in [7, 11) is 1.50. The van der Waals surface area contributed by atoms with Gasteiger partial charge in [0.25, 0.3) is 11.5 Å². The van der Waals surface area contributed by atoms with E-state index in [4.69, 9.17) is 4.74 Å². The van der Waals surface area contributed by atoms with Crippen LogP contribution in [0.2, 0.25) is 0 Å². The van der Waals surface area contributed by atoms with Crippen LogP contribution in [0.4, 0.5) is 5.69 Å². The number of amides is 1. The van der Waals surface area contributed by atoms with Crippen molar-refractivity contribution >= 4 is 11.6 Å². The van der Waals surface area contributed by atoms with Gasteiger partial charge >= 0.3 is 0 Å². The molecule has 0 radical (unpaired) electrons. The quantitative estimate of drug-likeness (QED) is 0.929. The summed E-state index contributed by atoms with van der Waals surface area (Å²) in [5, 5.41) is 6.66. The number of benzene rings is 1. The molecule has 1 amide bonds. The van der Waals surface area contributed by atoms with Gasteiger partial charge in [-0.05, 0) is 37.6 Å². The van der Waals surface area contributed by atoms with E-state index in [2.05, 4.69) is 10.4 Å². The molecule has 0 aliphatic heterocycles. The van der Waals surface area contributed by atoms with Crippen LogP contribution in [0.25, 0.3) is 0 Å². The van der Waals surface area contributed by atoms with Gasteiger partial charge in [-0.3, -0.25) is 9.59 Å². The van der Waals surface area contributed by atoms with Gasteiger partial charge in [0.2, 0.25) is 0 Å². The Kier molecular flexibility index (Phi) is 4.37. The van der Waals surface area contributed by atoms with Gasteiger partial charge in [0.15, 0.2) is 0 Å². The number of anilines is 1. The molecule has 0 aliphatic rings. The first-order valence-electron chi connectivity index (χ1n) is 6.60. The molecule has 21 heavy (non-hydrogen) atoms. The summed E-state index contributed by atoms with van der Waals surface area (Å²) in [5.41, 5.74) is 1.51. The fourth-order valence-electron chi connectivity index (χ4n) is 1.82. The van der Waals surface area contributed by atoms with Crippen LogP contribution in [-0.2, 0) is 7.05 Å². The Bertz CT molecular complexity index is 722. The Morgan fingerprint density at radius 1 is 1.33 bits per heavy atom. The lowest BCUT2D eigenvalue weighted by Gasteiger charge is -2.12. The molecule has 0 unspecified atom stereocenters. The van der Waals surface area contributed by atoms with Crippen molar-refractivity contribution < 1.29 is 9.53 Å². The topological polar surface area (TPSA) is 73.2 Å². The first kappa shape index (κ1) is 14.8. The second-order valence-corrected chi connectivity index (χ2v) is 4.57. The molecule has 2 rings (SSSR count). The molecule has 0 aliphatic carbocycles. The van der Waals surface area contributed by atoms with Gasteiger partial charge in [-0.15, -0.1) is 0 Å². The van der Waals surface area contributed by atoms with E-state index < -0.39 is 5.91 Å². The minimum Gasteiger partial charge on any atom is -0.492 e. The van der Waals surface area contributed by atoms with Crippen molar-refractivity contribution in [2.24, 2.45) is 7.05 Å². The molecule has 0 fully saturated rings. The van der Waals surface area contributed by atoms with E-state index in [-0.39, 0.29) is 11.3 Å². The third-order valence-corrected chi connectivity index (χ3v) is 2.88. The minimum atomic E-state index is -0.393. The van der Waals surface area contributed by atoms with Crippen LogP contribution in [0.15, 0.2) is 35.1 Å². The van der Waals surface area contributed by atoms with Crippen LogP contribution < -0.4 is 15.6 Å². The summed E-state index contributed by atoms with van der Waals surface area (Å²) >= 11 is 0. The van der Waals surface area contributed by atoms with Crippen LogP contribution in [-0.4, -0.2) is 22.3 Å². The minimum absolute atomic E-state index is 0.167. The molecule has 0 saturated carbocycles. The first-order chi connectivity index (χ1) is 10.0. The van der Waals surface area contributed by atoms with Gasteiger partial charge in [0.1, 0.15) is 11.4 Å². The maximum atomic E-state index is 12.2. The van der Waals surface area contributed by atoms with Crippen LogP contribution in [0.1, 0.15) is 23.0 Å². The molecule has 1 N–H and O–H groups in total. The van der Waals surface area contributed by atoms with E-state index in [0.717, 1.165) is 10.2 Å². The van der Waals surface area contributed by atoms with Crippen molar-refractivity contribution in [3.63, 3.8) is 0 Å². The molecule has 1 aromatic carbocycles. The summed E-state index contributed by atoms with van der Waals surface area (Å²) in [4.78, 5) is 23.5. The molecule has 0 spiro atoms. The lowest BCUT2D eigenvalue weighted by molar-refractivity contribution is 0.101. The number of nitrogens with zero attached hydrogens (tertiary/aromatic N) is 2. The lowest BCUT2D eigenvalue weighted by atomic mass is 10.2. The normalized spacial score (nSPS) is 10.2. The number of carbonyl (C=O) groups excluding carboxylic acids is 1. The van der Waals surface area contributed by atoms with E-state index in [1.807, 2.05) is 26.0 Å². The number of hydrogen-bond acceptors (Lipinski definition) is 4. The Labute approximate surface area is 122 Å². The summed E-state index contributed by atoms with van der Waals surface area (Å²) < 4.78 is 6.63. The molecular weight excluding hydrogens is 270 g/mol. The van der Waals surface area contributed by atoms with Gasteiger partial charge in [0.05, 0.1) is 12.3 Å². The smallest absolute Gasteiger partial charge is 0.276 e. The van der Waals surface area contributed by atoms with Gasteiger partial charge in [-0.1, -0.05) is 6.07 Å². The number of aromatic nitrogens is 2. The molecule has 0 saturated heterocycles. The Morgan fingerprint density at radius 2 is 2.10 bits per heavy atom. The van der Waals surface area contributed by atoms with Gasteiger partial charge in [-0.25, -0.2) is 4.68 Å². The van der Waals surface area contributed by atoms with Crippen LogP contribution >= 0.6 is 0 Å². The van der Waals surface area contributed by atoms with Gasteiger partial charge < -0.3 is 10.1 Å². The number of nitrogens with one attached hydrogen (secondary N) is 1. The maximum absolute atomic E-state index is 12.2. The third-order valence-electron chi connectivity index (χ3n) is 2.88. The second kappa shape index (κ2) is 6.21. The molecule has 0 bridgehead atoms. The standard InChI is InChI=1S/C15H17N3O3/c1-4-21-13-9-10(2)5-6-11(13)16-15(20)12-7-8-14(19)18(3)17-12/h5-9H,4H2,1-3H3,(H,16,20). The lowest BCUT2D eigenvalue weighted by Crippen LogP contribution is -2.23. The average Bonchev–Trinajstić information content (AvgIpc) is 2.45. The molecule has 1 heterocycles. The number of ether oxygens (including phenoxy) is 1. The molecule has 110 valence electrons. The monoisotopic (exact) mass is 287 g/mol. The molecule has 6 nitrogen and oxygen atoms in total. The second-order valence-electron chi connectivity index (χ2n) is 4.57. The largest absolute Gasteiger partial charge is 0.492 e. The predicted octanol–water partition coefficient (Wildman–Crippen LogP) is 1.74. The highest BCUT2D eigenvalue weighted by atomic mass is 16.5. The zero-order valence-electron chi connectivity index (χ0n) is 12.2. The highest BCUT2D eigenvalue weighted by molar-refractivity contribution is 6.03. The number of aryl methyl sites for hydroxylation is 2. The van der Waals surface area contributed by atoms with Crippen molar-refractivity contribution in [3.05, 3.63) is 51.9 Å². The van der Waals surface area contributed by atoms with E-state index in [0.29, 0.717) is 18.0 Å². The maximum Gasteiger partial charge on any atom is 0.276 e. The Hall–Kier alpha value is -2.63. The van der Waals surface area contributed by atoms with Crippen molar-refractivity contribution in [1.82, 2.24) is 9.78 Å². The molecule has 2 aromatic rings. The van der Waals surface area contributed by atoms with Gasteiger partial charge in [-0.2, -0.15) is 5.10 Å². The summed E-state index contributed by atoms with van der Waals surface area (Å²) in [5.74, 6) is 0.214. The van der Waals surface area contributed by atoms with Crippen molar-refractivity contribution in [3.8, 4) is 5.75 Å². The summed E-state index contributed by atoms with van der Waals surface area (Å²) in [6.45, 7) is 4.33.